The van der Waals surface area contributed by atoms with Gasteiger partial charge in [-0.3, -0.25) is 20.4 Å². The topological polar surface area (TPSA) is 76.7 Å². The van der Waals surface area contributed by atoms with Gasteiger partial charge in [0.15, 0.2) is 6.10 Å². The SMILES string of the molecule is CC(Oc1ccc2ccccc2c1)C(=O)NNC(=O)c1ccc(OCCc2ccccc2)c(Br)c1. The number of carbonyl (C=O) groups excluding carboxylic acids is 2. The van der Waals surface area contributed by atoms with Crippen LogP contribution < -0.4 is 20.3 Å². The Morgan fingerprint density at radius 1 is 0.857 bits per heavy atom. The third kappa shape index (κ3) is 6.61. The van der Waals surface area contributed by atoms with E-state index < -0.39 is 17.9 Å². The second-order valence-corrected chi connectivity index (χ2v) is 8.80. The van der Waals surface area contributed by atoms with E-state index in [9.17, 15) is 9.59 Å². The van der Waals surface area contributed by atoms with E-state index in [-0.39, 0.29) is 0 Å². The fourth-order valence-electron chi connectivity index (χ4n) is 3.47. The first-order chi connectivity index (χ1) is 17.0. The van der Waals surface area contributed by atoms with E-state index in [4.69, 9.17) is 9.47 Å². The zero-order chi connectivity index (χ0) is 24.6. The molecule has 1 unspecified atom stereocenters. The fraction of sp³-hybridized carbons (Fsp3) is 0.143. The molecule has 0 aliphatic heterocycles. The van der Waals surface area contributed by atoms with Crippen LogP contribution in [0.5, 0.6) is 11.5 Å². The van der Waals surface area contributed by atoms with Gasteiger partial charge in [0.2, 0.25) is 0 Å². The smallest absolute Gasteiger partial charge is 0.279 e. The van der Waals surface area contributed by atoms with Crippen LogP contribution in [0, 0.1) is 0 Å². The van der Waals surface area contributed by atoms with Gasteiger partial charge in [0, 0.05) is 12.0 Å². The van der Waals surface area contributed by atoms with Gasteiger partial charge < -0.3 is 9.47 Å². The van der Waals surface area contributed by atoms with Crippen LogP contribution in [0.3, 0.4) is 0 Å². The number of ether oxygens (including phenoxy) is 2. The van der Waals surface area contributed by atoms with Crippen molar-refractivity contribution in [3.8, 4) is 11.5 Å². The van der Waals surface area contributed by atoms with Crippen molar-refractivity contribution in [2.24, 2.45) is 0 Å². The molecule has 6 nitrogen and oxygen atoms in total. The summed E-state index contributed by atoms with van der Waals surface area (Å²) in [6.07, 6.45) is -0.0235. The Hall–Kier alpha value is -3.84. The highest BCUT2D eigenvalue weighted by atomic mass is 79.9. The summed E-state index contributed by atoms with van der Waals surface area (Å²) in [5, 5.41) is 2.10. The standard InChI is InChI=1S/C28H25BrN2O4/c1-19(35-24-13-11-21-9-5-6-10-22(21)17-24)27(32)30-31-28(33)23-12-14-26(25(29)18-23)34-16-15-20-7-3-2-4-8-20/h2-14,17-19H,15-16H2,1H3,(H,30,32)(H,31,33). The molecule has 0 aliphatic rings. The molecular weight excluding hydrogens is 508 g/mol. The lowest BCUT2D eigenvalue weighted by Crippen LogP contribution is -2.47. The zero-order valence-electron chi connectivity index (χ0n) is 19.2. The molecule has 4 aromatic rings. The molecule has 0 radical (unpaired) electrons. The normalized spacial score (nSPS) is 11.5. The highest BCUT2D eigenvalue weighted by Gasteiger charge is 2.17. The van der Waals surface area contributed by atoms with Gasteiger partial charge in [-0.05, 0) is 69.5 Å². The van der Waals surface area contributed by atoms with Crippen molar-refractivity contribution in [1.82, 2.24) is 10.9 Å². The minimum Gasteiger partial charge on any atom is -0.492 e. The lowest BCUT2D eigenvalue weighted by Gasteiger charge is -2.16. The van der Waals surface area contributed by atoms with Gasteiger partial charge >= 0.3 is 0 Å². The molecule has 0 saturated heterocycles. The summed E-state index contributed by atoms with van der Waals surface area (Å²) in [5.41, 5.74) is 6.40. The van der Waals surface area contributed by atoms with Gasteiger partial charge in [0.05, 0.1) is 11.1 Å². The minimum absolute atomic E-state index is 0.371. The zero-order valence-corrected chi connectivity index (χ0v) is 20.7. The molecule has 7 heteroatoms. The van der Waals surface area contributed by atoms with Gasteiger partial charge in [0.1, 0.15) is 11.5 Å². The first-order valence-electron chi connectivity index (χ1n) is 11.2. The van der Waals surface area contributed by atoms with E-state index in [1.54, 1.807) is 25.1 Å². The third-order valence-electron chi connectivity index (χ3n) is 5.39. The van der Waals surface area contributed by atoms with Crippen LogP contribution in [0.1, 0.15) is 22.8 Å². The van der Waals surface area contributed by atoms with Crippen molar-refractivity contribution in [3.63, 3.8) is 0 Å². The van der Waals surface area contributed by atoms with Crippen LogP contribution in [-0.2, 0) is 11.2 Å². The van der Waals surface area contributed by atoms with E-state index in [0.717, 1.165) is 17.2 Å². The molecule has 0 heterocycles. The quantitative estimate of drug-likeness (QED) is 0.296. The van der Waals surface area contributed by atoms with E-state index >= 15 is 0 Å². The second-order valence-electron chi connectivity index (χ2n) is 7.94. The molecule has 4 aromatic carbocycles. The average molecular weight is 533 g/mol. The number of hydrazine groups is 1. The Morgan fingerprint density at radius 2 is 1.60 bits per heavy atom. The molecular formula is C28H25BrN2O4. The molecule has 35 heavy (non-hydrogen) atoms. The van der Waals surface area contributed by atoms with Crippen molar-refractivity contribution >= 4 is 38.5 Å². The average Bonchev–Trinajstić information content (AvgIpc) is 2.88. The van der Waals surface area contributed by atoms with E-state index in [1.807, 2.05) is 72.8 Å². The number of amides is 2. The van der Waals surface area contributed by atoms with Crippen LogP contribution in [0.15, 0.2) is 95.5 Å². The molecule has 0 saturated carbocycles. The van der Waals surface area contributed by atoms with E-state index in [2.05, 4.69) is 26.8 Å². The number of carbonyl (C=O) groups is 2. The van der Waals surface area contributed by atoms with Crippen molar-refractivity contribution in [3.05, 3.63) is 107 Å². The number of halogens is 1. The number of nitrogens with one attached hydrogen (secondary N) is 2. The summed E-state index contributed by atoms with van der Waals surface area (Å²) >= 11 is 3.45. The molecule has 2 amide bonds. The Labute approximate surface area is 212 Å². The summed E-state index contributed by atoms with van der Waals surface area (Å²) in [7, 11) is 0. The van der Waals surface area contributed by atoms with Gasteiger partial charge in [-0.15, -0.1) is 0 Å². The summed E-state index contributed by atoms with van der Waals surface area (Å²) in [5.74, 6) is 0.294. The first kappa shape index (κ1) is 24.3. The van der Waals surface area contributed by atoms with E-state index in [1.165, 1.54) is 5.56 Å². The van der Waals surface area contributed by atoms with Crippen molar-refractivity contribution in [2.45, 2.75) is 19.4 Å². The van der Waals surface area contributed by atoms with E-state index in [0.29, 0.717) is 28.1 Å². The molecule has 0 fully saturated rings. The Kier molecular flexibility index (Phi) is 8.00. The maximum Gasteiger partial charge on any atom is 0.279 e. The van der Waals surface area contributed by atoms with Crippen LogP contribution in [0.25, 0.3) is 10.8 Å². The van der Waals surface area contributed by atoms with Gasteiger partial charge in [-0.1, -0.05) is 60.7 Å². The molecule has 2 N–H and O–H groups in total. The van der Waals surface area contributed by atoms with Crippen LogP contribution in [0.4, 0.5) is 0 Å². The minimum atomic E-state index is -0.802. The summed E-state index contributed by atoms with van der Waals surface area (Å²) in [6, 6.07) is 28.6. The maximum absolute atomic E-state index is 12.5. The molecule has 4 rings (SSSR count). The molecule has 0 spiro atoms. The molecule has 0 aliphatic carbocycles. The first-order valence-corrected chi connectivity index (χ1v) is 12.0. The predicted molar refractivity (Wildman–Crippen MR) is 139 cm³/mol. The number of fused-ring (bicyclic) bond motifs is 1. The van der Waals surface area contributed by atoms with Gasteiger partial charge in [-0.25, -0.2) is 0 Å². The number of hydrogen-bond acceptors (Lipinski definition) is 4. The maximum atomic E-state index is 12.5. The number of rotatable bonds is 8. The van der Waals surface area contributed by atoms with Crippen LogP contribution in [-0.4, -0.2) is 24.5 Å². The molecule has 1 atom stereocenters. The molecule has 0 bridgehead atoms. The predicted octanol–water partition coefficient (Wildman–Crippen LogP) is 5.45. The monoisotopic (exact) mass is 532 g/mol. The van der Waals surface area contributed by atoms with Gasteiger partial charge in [0.25, 0.3) is 11.8 Å². The summed E-state index contributed by atoms with van der Waals surface area (Å²) in [4.78, 5) is 24.9. The number of benzene rings is 4. The lowest BCUT2D eigenvalue weighted by atomic mass is 10.1. The fourth-order valence-corrected chi connectivity index (χ4v) is 3.97. The Bertz CT molecular complexity index is 1330. The van der Waals surface area contributed by atoms with Crippen molar-refractivity contribution in [1.29, 1.82) is 0 Å². The molecule has 0 aromatic heterocycles. The highest BCUT2D eigenvalue weighted by molar-refractivity contribution is 9.10. The van der Waals surface area contributed by atoms with Crippen molar-refractivity contribution in [2.75, 3.05) is 6.61 Å². The third-order valence-corrected chi connectivity index (χ3v) is 6.01. The van der Waals surface area contributed by atoms with Crippen LogP contribution >= 0.6 is 15.9 Å². The Balaban J connectivity index is 1.26. The lowest BCUT2D eigenvalue weighted by molar-refractivity contribution is -0.128. The largest absolute Gasteiger partial charge is 0.492 e. The highest BCUT2D eigenvalue weighted by Crippen LogP contribution is 2.26. The summed E-state index contributed by atoms with van der Waals surface area (Å²) < 4.78 is 12.2. The summed E-state index contributed by atoms with van der Waals surface area (Å²) in [6.45, 7) is 2.13. The second kappa shape index (κ2) is 11.5. The molecule has 178 valence electrons. The van der Waals surface area contributed by atoms with Crippen LogP contribution in [0.2, 0.25) is 0 Å². The Morgan fingerprint density at radius 3 is 2.37 bits per heavy atom. The van der Waals surface area contributed by atoms with Gasteiger partial charge in [-0.2, -0.15) is 0 Å². The van der Waals surface area contributed by atoms with Crippen molar-refractivity contribution < 1.29 is 19.1 Å². The number of hydrogen-bond donors (Lipinski definition) is 2.